The topological polar surface area (TPSA) is 30.5 Å². The van der Waals surface area contributed by atoms with Crippen molar-refractivity contribution in [3.63, 3.8) is 0 Å². The first kappa shape index (κ1) is 14.9. The Morgan fingerprint density at radius 1 is 1.39 bits per heavy atom. The third-order valence-electron chi connectivity index (χ3n) is 2.66. The molecule has 0 saturated carbocycles. The van der Waals surface area contributed by atoms with Gasteiger partial charge in [0.15, 0.2) is 11.6 Å². The van der Waals surface area contributed by atoms with E-state index in [0.29, 0.717) is 18.9 Å². The molecule has 0 aliphatic carbocycles. The molecule has 0 aliphatic heterocycles. The number of rotatable bonds is 8. The van der Waals surface area contributed by atoms with Crippen LogP contribution in [0.15, 0.2) is 18.2 Å². The molecule has 0 spiro atoms. The van der Waals surface area contributed by atoms with Crippen LogP contribution >= 0.6 is 0 Å². The third-order valence-corrected chi connectivity index (χ3v) is 2.66. The summed E-state index contributed by atoms with van der Waals surface area (Å²) in [5.74, 6) is 0.0386. The molecule has 1 atom stereocenters. The lowest BCUT2D eigenvalue weighted by Crippen LogP contribution is -2.18. The zero-order valence-corrected chi connectivity index (χ0v) is 11.3. The highest BCUT2D eigenvalue weighted by Gasteiger charge is 2.12. The first-order chi connectivity index (χ1) is 8.69. The zero-order chi connectivity index (χ0) is 13.4. The van der Waals surface area contributed by atoms with Gasteiger partial charge in [-0.25, -0.2) is 4.39 Å². The maximum Gasteiger partial charge on any atom is 0.165 e. The molecule has 0 bridgehead atoms. The second-order valence-electron chi connectivity index (χ2n) is 4.22. The van der Waals surface area contributed by atoms with E-state index in [0.717, 1.165) is 18.5 Å². The summed E-state index contributed by atoms with van der Waals surface area (Å²) in [4.78, 5) is 0. The van der Waals surface area contributed by atoms with Crippen molar-refractivity contribution in [1.82, 2.24) is 5.32 Å². The normalized spacial score (nSPS) is 12.4. The molecule has 1 rings (SSSR count). The summed E-state index contributed by atoms with van der Waals surface area (Å²) < 4.78 is 24.4. The standard InChI is InChI=1S/C14H22FNO2/c1-4-16-10-12-6-5-7-13(15)14(12)18-11(2)8-9-17-3/h5-7,11,16H,4,8-10H2,1-3H3. The molecule has 0 aromatic heterocycles. The van der Waals surface area contributed by atoms with Gasteiger partial charge >= 0.3 is 0 Å². The van der Waals surface area contributed by atoms with Crippen LogP contribution in [0, 0.1) is 5.82 Å². The highest BCUT2D eigenvalue weighted by Crippen LogP contribution is 2.24. The van der Waals surface area contributed by atoms with E-state index in [4.69, 9.17) is 9.47 Å². The quantitative estimate of drug-likeness (QED) is 0.774. The van der Waals surface area contributed by atoms with Gasteiger partial charge in [-0.3, -0.25) is 0 Å². The van der Waals surface area contributed by atoms with E-state index in [-0.39, 0.29) is 11.9 Å². The van der Waals surface area contributed by atoms with Gasteiger partial charge in [0.05, 0.1) is 6.10 Å². The molecule has 102 valence electrons. The summed E-state index contributed by atoms with van der Waals surface area (Å²) in [7, 11) is 1.65. The second kappa shape index (κ2) is 8.06. The van der Waals surface area contributed by atoms with E-state index >= 15 is 0 Å². The van der Waals surface area contributed by atoms with Crippen LogP contribution in [-0.4, -0.2) is 26.4 Å². The van der Waals surface area contributed by atoms with E-state index in [9.17, 15) is 4.39 Å². The number of nitrogens with one attached hydrogen (secondary N) is 1. The number of ether oxygens (including phenoxy) is 2. The fourth-order valence-corrected chi connectivity index (χ4v) is 1.63. The van der Waals surface area contributed by atoms with Crippen molar-refractivity contribution in [3.05, 3.63) is 29.6 Å². The van der Waals surface area contributed by atoms with E-state index in [1.54, 1.807) is 13.2 Å². The summed E-state index contributed by atoms with van der Waals surface area (Å²) in [6.07, 6.45) is 0.674. The fraction of sp³-hybridized carbons (Fsp3) is 0.571. The Hall–Kier alpha value is -1.13. The van der Waals surface area contributed by atoms with Crippen molar-refractivity contribution >= 4 is 0 Å². The molecule has 3 nitrogen and oxygen atoms in total. The molecule has 0 fully saturated rings. The largest absolute Gasteiger partial charge is 0.487 e. The van der Waals surface area contributed by atoms with E-state index in [2.05, 4.69) is 5.32 Å². The molecule has 18 heavy (non-hydrogen) atoms. The molecule has 0 amide bonds. The molecular weight excluding hydrogens is 233 g/mol. The summed E-state index contributed by atoms with van der Waals surface area (Å²) in [5.41, 5.74) is 0.848. The van der Waals surface area contributed by atoms with Gasteiger partial charge in [-0.15, -0.1) is 0 Å². The van der Waals surface area contributed by atoms with Gasteiger partial charge in [0.2, 0.25) is 0 Å². The Bertz CT molecular complexity index is 358. The molecule has 1 aromatic rings. The van der Waals surface area contributed by atoms with Crippen LogP contribution in [0.5, 0.6) is 5.75 Å². The Kier molecular flexibility index (Phi) is 6.68. The van der Waals surface area contributed by atoms with Gasteiger partial charge in [0.25, 0.3) is 0 Å². The number of benzene rings is 1. The monoisotopic (exact) mass is 255 g/mol. The van der Waals surface area contributed by atoms with E-state index in [1.807, 2.05) is 19.9 Å². The average Bonchev–Trinajstić information content (AvgIpc) is 2.37. The van der Waals surface area contributed by atoms with Crippen molar-refractivity contribution in [1.29, 1.82) is 0 Å². The minimum absolute atomic E-state index is 0.0674. The van der Waals surface area contributed by atoms with Crippen LogP contribution in [0.4, 0.5) is 4.39 Å². The first-order valence-electron chi connectivity index (χ1n) is 6.32. The van der Waals surface area contributed by atoms with Crippen LogP contribution < -0.4 is 10.1 Å². The fourth-order valence-electron chi connectivity index (χ4n) is 1.63. The Morgan fingerprint density at radius 2 is 2.17 bits per heavy atom. The number of para-hydroxylation sites is 1. The molecule has 4 heteroatoms. The predicted molar refractivity (Wildman–Crippen MR) is 70.4 cm³/mol. The van der Waals surface area contributed by atoms with Crippen LogP contribution in [0.25, 0.3) is 0 Å². The minimum Gasteiger partial charge on any atom is -0.487 e. The van der Waals surface area contributed by atoms with Crippen LogP contribution in [0.1, 0.15) is 25.8 Å². The molecule has 0 aliphatic rings. The van der Waals surface area contributed by atoms with Gasteiger partial charge in [-0.05, 0) is 19.5 Å². The van der Waals surface area contributed by atoms with Crippen LogP contribution in [-0.2, 0) is 11.3 Å². The Morgan fingerprint density at radius 3 is 2.83 bits per heavy atom. The number of hydrogen-bond donors (Lipinski definition) is 1. The molecule has 1 N–H and O–H groups in total. The highest BCUT2D eigenvalue weighted by atomic mass is 19.1. The predicted octanol–water partition coefficient (Wildman–Crippen LogP) is 2.74. The first-order valence-corrected chi connectivity index (χ1v) is 6.32. The summed E-state index contributed by atoms with van der Waals surface area (Å²) in [5, 5.41) is 3.18. The minimum atomic E-state index is -0.310. The smallest absolute Gasteiger partial charge is 0.165 e. The lowest BCUT2D eigenvalue weighted by atomic mass is 10.2. The zero-order valence-electron chi connectivity index (χ0n) is 11.3. The number of halogens is 1. The van der Waals surface area contributed by atoms with Gasteiger partial charge < -0.3 is 14.8 Å². The molecule has 0 radical (unpaired) electrons. The van der Waals surface area contributed by atoms with E-state index in [1.165, 1.54) is 6.07 Å². The van der Waals surface area contributed by atoms with Crippen molar-refractivity contribution in [2.24, 2.45) is 0 Å². The van der Waals surface area contributed by atoms with Crippen LogP contribution in [0.2, 0.25) is 0 Å². The second-order valence-corrected chi connectivity index (χ2v) is 4.22. The summed E-state index contributed by atoms with van der Waals surface area (Å²) >= 11 is 0. The molecular formula is C14H22FNO2. The van der Waals surface area contributed by atoms with Crippen molar-refractivity contribution in [3.8, 4) is 5.75 Å². The molecule has 0 heterocycles. The Labute approximate surface area is 108 Å². The molecule has 0 saturated heterocycles. The van der Waals surface area contributed by atoms with Crippen molar-refractivity contribution in [2.75, 3.05) is 20.3 Å². The Balaban J connectivity index is 2.72. The van der Waals surface area contributed by atoms with Gasteiger partial charge in [-0.2, -0.15) is 0 Å². The van der Waals surface area contributed by atoms with Gasteiger partial charge in [0, 0.05) is 32.2 Å². The van der Waals surface area contributed by atoms with Crippen molar-refractivity contribution in [2.45, 2.75) is 32.9 Å². The lowest BCUT2D eigenvalue weighted by Gasteiger charge is -2.18. The van der Waals surface area contributed by atoms with E-state index < -0.39 is 0 Å². The summed E-state index contributed by atoms with van der Waals surface area (Å²) in [6.45, 7) is 6.00. The maximum absolute atomic E-state index is 13.8. The number of methoxy groups -OCH3 is 1. The maximum atomic E-state index is 13.8. The molecule has 1 aromatic carbocycles. The lowest BCUT2D eigenvalue weighted by molar-refractivity contribution is 0.131. The van der Waals surface area contributed by atoms with Gasteiger partial charge in [-0.1, -0.05) is 19.1 Å². The third kappa shape index (κ3) is 4.63. The highest BCUT2D eigenvalue weighted by molar-refractivity contribution is 5.35. The average molecular weight is 255 g/mol. The molecule has 1 unspecified atom stereocenters. The SMILES string of the molecule is CCNCc1cccc(F)c1OC(C)CCOC. The van der Waals surface area contributed by atoms with Gasteiger partial charge in [0.1, 0.15) is 0 Å². The summed E-state index contributed by atoms with van der Waals surface area (Å²) in [6, 6.07) is 5.01. The van der Waals surface area contributed by atoms with Crippen molar-refractivity contribution < 1.29 is 13.9 Å². The van der Waals surface area contributed by atoms with Crippen LogP contribution in [0.3, 0.4) is 0 Å². The number of hydrogen-bond acceptors (Lipinski definition) is 3.